The van der Waals surface area contributed by atoms with Gasteiger partial charge in [-0.05, 0) is 43.7 Å². The second-order valence-electron chi connectivity index (χ2n) is 8.32. The van der Waals surface area contributed by atoms with E-state index < -0.39 is 5.91 Å². The van der Waals surface area contributed by atoms with Gasteiger partial charge in [0.05, 0.1) is 29.0 Å². The third kappa shape index (κ3) is 4.28. The second-order valence-corrected chi connectivity index (χ2v) is 9.96. The number of furan rings is 1. The lowest BCUT2D eigenvalue weighted by atomic mass is 10.1. The Hall–Kier alpha value is -3.69. The SMILES string of the molecule is Cc1ccc(NC(=O)CN2C(=O)C(=C3SC(=S)N(Cc4ccco4)C3=O)c3ccccc32)c(C)c1. The molecule has 7 nitrogen and oxygen atoms in total. The lowest BCUT2D eigenvalue weighted by molar-refractivity contribution is -0.123. The molecule has 0 unspecified atom stereocenters. The van der Waals surface area contributed by atoms with Crippen LogP contribution in [0.25, 0.3) is 5.57 Å². The Kier molecular flexibility index (Phi) is 6.04. The fourth-order valence-electron chi connectivity index (χ4n) is 4.19. The van der Waals surface area contributed by atoms with Crippen LogP contribution in [0.2, 0.25) is 0 Å². The summed E-state index contributed by atoms with van der Waals surface area (Å²) in [6, 6.07) is 16.4. The molecule has 1 N–H and O–H groups in total. The highest BCUT2D eigenvalue weighted by atomic mass is 32.2. The predicted octanol–water partition coefficient (Wildman–Crippen LogP) is 4.65. The zero-order chi connectivity index (χ0) is 24.7. The maximum atomic E-state index is 13.6. The Bertz CT molecular complexity index is 1410. The molecule has 2 aliphatic rings. The van der Waals surface area contributed by atoms with Crippen LogP contribution in [0, 0.1) is 13.8 Å². The first-order valence-corrected chi connectivity index (χ1v) is 12.1. The highest BCUT2D eigenvalue weighted by molar-refractivity contribution is 8.26. The average Bonchev–Trinajstić information content (AvgIpc) is 3.51. The summed E-state index contributed by atoms with van der Waals surface area (Å²) < 4.78 is 5.71. The molecular weight excluding hydrogens is 482 g/mol. The van der Waals surface area contributed by atoms with Gasteiger partial charge in [0.1, 0.15) is 16.6 Å². The van der Waals surface area contributed by atoms with Crippen molar-refractivity contribution in [2.24, 2.45) is 0 Å². The van der Waals surface area contributed by atoms with Gasteiger partial charge >= 0.3 is 0 Å². The van der Waals surface area contributed by atoms with E-state index in [1.54, 1.807) is 36.4 Å². The van der Waals surface area contributed by atoms with Gasteiger partial charge in [-0.3, -0.25) is 24.2 Å². The van der Waals surface area contributed by atoms with Crippen LogP contribution in [0.1, 0.15) is 22.5 Å². The second kappa shape index (κ2) is 9.16. The van der Waals surface area contributed by atoms with Crippen LogP contribution in [0.15, 0.2) is 70.2 Å². The Morgan fingerprint density at radius 3 is 2.57 bits per heavy atom. The summed E-state index contributed by atoms with van der Waals surface area (Å²) in [6.45, 7) is 3.91. The molecule has 35 heavy (non-hydrogen) atoms. The number of para-hydroxylation sites is 1. The number of carbonyl (C=O) groups excluding carboxylic acids is 3. The number of benzene rings is 2. The third-order valence-corrected chi connectivity index (χ3v) is 7.30. The molecule has 2 aliphatic heterocycles. The number of fused-ring (bicyclic) bond motifs is 1. The molecular formula is C26H21N3O4S2. The average molecular weight is 504 g/mol. The third-order valence-electron chi connectivity index (χ3n) is 5.85. The maximum absolute atomic E-state index is 13.6. The minimum Gasteiger partial charge on any atom is -0.467 e. The monoisotopic (exact) mass is 503 g/mol. The van der Waals surface area contributed by atoms with Crippen molar-refractivity contribution in [1.82, 2.24) is 4.90 Å². The molecule has 0 aliphatic carbocycles. The molecule has 0 radical (unpaired) electrons. The Labute approximate surface area is 211 Å². The van der Waals surface area contributed by atoms with Gasteiger partial charge in [-0.15, -0.1) is 0 Å². The molecule has 1 fully saturated rings. The summed E-state index contributed by atoms with van der Waals surface area (Å²) in [5.41, 5.74) is 4.18. The van der Waals surface area contributed by atoms with Crippen molar-refractivity contribution in [2.45, 2.75) is 20.4 Å². The molecule has 3 heterocycles. The molecule has 1 aromatic heterocycles. The summed E-state index contributed by atoms with van der Waals surface area (Å²) in [7, 11) is 0. The van der Waals surface area contributed by atoms with Gasteiger partial charge in [0.25, 0.3) is 11.8 Å². The van der Waals surface area contributed by atoms with Crippen molar-refractivity contribution in [2.75, 3.05) is 16.8 Å². The Morgan fingerprint density at radius 2 is 1.83 bits per heavy atom. The molecule has 0 saturated carbocycles. The number of hydrogen-bond acceptors (Lipinski definition) is 6. The molecule has 0 atom stereocenters. The minimum absolute atomic E-state index is 0.181. The Balaban J connectivity index is 1.43. The van der Waals surface area contributed by atoms with E-state index in [4.69, 9.17) is 16.6 Å². The predicted molar refractivity (Wildman–Crippen MR) is 140 cm³/mol. The number of nitrogens with one attached hydrogen (secondary N) is 1. The molecule has 2 aromatic carbocycles. The van der Waals surface area contributed by atoms with Gasteiger partial charge in [0.15, 0.2) is 0 Å². The number of nitrogens with zero attached hydrogens (tertiary/aromatic N) is 2. The van der Waals surface area contributed by atoms with Crippen LogP contribution in [0.3, 0.4) is 0 Å². The van der Waals surface area contributed by atoms with Gasteiger partial charge in [-0.1, -0.05) is 59.9 Å². The molecule has 5 rings (SSSR count). The van der Waals surface area contributed by atoms with Gasteiger partial charge in [-0.25, -0.2) is 0 Å². The lowest BCUT2D eigenvalue weighted by Crippen LogP contribution is -2.35. The lowest BCUT2D eigenvalue weighted by Gasteiger charge is -2.17. The minimum atomic E-state index is -0.402. The fraction of sp³-hybridized carbons (Fsp3) is 0.154. The highest BCUT2D eigenvalue weighted by Crippen LogP contribution is 2.44. The van der Waals surface area contributed by atoms with Crippen molar-refractivity contribution in [3.63, 3.8) is 0 Å². The van der Waals surface area contributed by atoms with Crippen molar-refractivity contribution < 1.29 is 18.8 Å². The van der Waals surface area contributed by atoms with Crippen LogP contribution in [0.4, 0.5) is 11.4 Å². The summed E-state index contributed by atoms with van der Waals surface area (Å²) in [5.74, 6) is -0.487. The van der Waals surface area contributed by atoms with E-state index in [-0.39, 0.29) is 35.4 Å². The summed E-state index contributed by atoms with van der Waals surface area (Å²) in [6.07, 6.45) is 1.53. The van der Waals surface area contributed by atoms with E-state index in [1.807, 2.05) is 32.0 Å². The van der Waals surface area contributed by atoms with Gasteiger partial charge < -0.3 is 9.73 Å². The first kappa shape index (κ1) is 23.1. The molecule has 1 saturated heterocycles. The van der Waals surface area contributed by atoms with Gasteiger partial charge in [-0.2, -0.15) is 0 Å². The number of amides is 3. The van der Waals surface area contributed by atoms with Crippen LogP contribution < -0.4 is 10.2 Å². The molecule has 0 bridgehead atoms. The standard InChI is InChI=1S/C26H21N3O4S2/c1-15-9-10-19(16(2)12-15)27-21(30)14-28-20-8-4-3-7-18(20)22(24(28)31)23-25(32)29(26(34)35-23)13-17-6-5-11-33-17/h3-12H,13-14H2,1-2H3,(H,27,30). The van der Waals surface area contributed by atoms with Crippen molar-refractivity contribution >= 4 is 63.0 Å². The zero-order valence-corrected chi connectivity index (χ0v) is 20.7. The normalized spacial score (nSPS) is 17.4. The number of carbonyl (C=O) groups is 3. The maximum Gasteiger partial charge on any atom is 0.267 e. The first-order chi connectivity index (χ1) is 16.8. The van der Waals surface area contributed by atoms with E-state index in [9.17, 15) is 14.4 Å². The van der Waals surface area contributed by atoms with E-state index in [1.165, 1.54) is 16.1 Å². The summed E-state index contributed by atoms with van der Waals surface area (Å²) in [5, 5.41) is 2.89. The molecule has 176 valence electrons. The van der Waals surface area contributed by atoms with Gasteiger partial charge in [0, 0.05) is 11.3 Å². The van der Waals surface area contributed by atoms with Crippen LogP contribution >= 0.6 is 24.0 Å². The van der Waals surface area contributed by atoms with E-state index in [0.717, 1.165) is 22.9 Å². The number of rotatable bonds is 5. The van der Waals surface area contributed by atoms with E-state index in [2.05, 4.69) is 5.32 Å². The van der Waals surface area contributed by atoms with Crippen LogP contribution in [-0.2, 0) is 20.9 Å². The van der Waals surface area contributed by atoms with Crippen LogP contribution in [-0.4, -0.2) is 33.5 Å². The largest absolute Gasteiger partial charge is 0.467 e. The number of aryl methyl sites for hydroxylation is 2. The number of thiocarbonyl (C=S) groups is 1. The van der Waals surface area contributed by atoms with Crippen molar-refractivity contribution in [3.8, 4) is 0 Å². The number of thioether (sulfide) groups is 1. The fourth-order valence-corrected chi connectivity index (χ4v) is 5.51. The number of anilines is 2. The smallest absolute Gasteiger partial charge is 0.267 e. The highest BCUT2D eigenvalue weighted by Gasteiger charge is 2.42. The Morgan fingerprint density at radius 1 is 1.03 bits per heavy atom. The van der Waals surface area contributed by atoms with Crippen molar-refractivity contribution in [3.05, 3.63) is 88.2 Å². The molecule has 0 spiro atoms. The zero-order valence-electron chi connectivity index (χ0n) is 19.0. The molecule has 3 amide bonds. The summed E-state index contributed by atoms with van der Waals surface area (Å²) >= 11 is 6.53. The summed E-state index contributed by atoms with van der Waals surface area (Å²) in [4.78, 5) is 42.8. The first-order valence-electron chi connectivity index (χ1n) is 10.9. The number of hydrogen-bond donors (Lipinski definition) is 1. The topological polar surface area (TPSA) is 82.9 Å². The van der Waals surface area contributed by atoms with E-state index in [0.29, 0.717) is 27.0 Å². The molecule has 3 aromatic rings. The van der Waals surface area contributed by atoms with Gasteiger partial charge in [0.2, 0.25) is 5.91 Å². The van der Waals surface area contributed by atoms with E-state index >= 15 is 0 Å². The van der Waals surface area contributed by atoms with Crippen molar-refractivity contribution in [1.29, 1.82) is 0 Å². The van der Waals surface area contributed by atoms with Crippen LogP contribution in [0.5, 0.6) is 0 Å². The molecule has 9 heteroatoms. The quantitative estimate of drug-likeness (QED) is 0.403.